The number of aromatic nitrogens is 2. The van der Waals surface area contributed by atoms with Gasteiger partial charge in [0.05, 0.1) is 0 Å². The van der Waals surface area contributed by atoms with E-state index in [1.54, 1.807) is 6.08 Å². The number of benzene rings is 1. The lowest BCUT2D eigenvalue weighted by Gasteiger charge is -2.06. The van der Waals surface area contributed by atoms with Gasteiger partial charge in [0.1, 0.15) is 0 Å². The Bertz CT molecular complexity index is 653. The average molecular weight is 242 g/mol. The summed E-state index contributed by atoms with van der Waals surface area (Å²) in [5, 5.41) is 0. The first kappa shape index (κ1) is 12.1. The lowest BCUT2D eigenvalue weighted by Crippen LogP contribution is -2.28. The first-order valence-corrected chi connectivity index (χ1v) is 5.70. The van der Waals surface area contributed by atoms with Gasteiger partial charge in [-0.25, -0.2) is 4.79 Å². The summed E-state index contributed by atoms with van der Waals surface area (Å²) >= 11 is 0. The molecule has 4 nitrogen and oxygen atoms in total. The van der Waals surface area contributed by atoms with Gasteiger partial charge >= 0.3 is 5.69 Å². The Kier molecular flexibility index (Phi) is 3.57. The van der Waals surface area contributed by atoms with E-state index in [9.17, 15) is 9.59 Å². The van der Waals surface area contributed by atoms with Gasteiger partial charge in [-0.05, 0) is 12.0 Å². The van der Waals surface area contributed by atoms with Crippen molar-refractivity contribution >= 4 is 0 Å². The van der Waals surface area contributed by atoms with Crippen LogP contribution in [0.2, 0.25) is 0 Å². The molecular formula is C14H14N2O2. The first-order chi connectivity index (χ1) is 8.70. The van der Waals surface area contributed by atoms with Gasteiger partial charge in [-0.15, -0.1) is 6.58 Å². The van der Waals surface area contributed by atoms with Crippen LogP contribution in [-0.4, -0.2) is 9.97 Å². The smallest absolute Gasteiger partial charge is 0.311 e. The number of allylic oxidation sites excluding steroid dienone is 1. The molecule has 0 spiro atoms. The van der Waals surface area contributed by atoms with E-state index in [2.05, 4.69) is 16.5 Å². The Morgan fingerprint density at radius 1 is 1.11 bits per heavy atom. The fourth-order valence-corrected chi connectivity index (χ4v) is 1.87. The normalized spacial score (nSPS) is 10.2. The van der Waals surface area contributed by atoms with Gasteiger partial charge in [-0.3, -0.25) is 9.78 Å². The third-order valence-electron chi connectivity index (χ3n) is 2.70. The summed E-state index contributed by atoms with van der Waals surface area (Å²) in [6, 6.07) is 9.69. The van der Waals surface area contributed by atoms with Crippen LogP contribution in [0.1, 0.15) is 16.8 Å². The number of rotatable bonds is 4. The predicted octanol–water partition coefficient (Wildman–Crippen LogP) is 1.38. The summed E-state index contributed by atoms with van der Waals surface area (Å²) in [6.07, 6.45) is 2.62. The van der Waals surface area contributed by atoms with Gasteiger partial charge in [-0.2, -0.15) is 0 Å². The largest absolute Gasteiger partial charge is 0.325 e. The van der Waals surface area contributed by atoms with Crippen molar-refractivity contribution in [3.05, 3.63) is 80.6 Å². The molecule has 0 radical (unpaired) electrons. The summed E-state index contributed by atoms with van der Waals surface area (Å²) in [5.74, 6) is 0. The van der Waals surface area contributed by atoms with E-state index in [1.807, 2.05) is 30.3 Å². The lowest BCUT2D eigenvalue weighted by molar-refractivity contribution is 0.907. The molecule has 0 saturated carbocycles. The highest BCUT2D eigenvalue weighted by Crippen LogP contribution is 2.08. The molecule has 0 aliphatic heterocycles. The minimum absolute atomic E-state index is 0.343. The van der Waals surface area contributed by atoms with E-state index in [-0.39, 0.29) is 5.56 Å². The molecule has 0 aliphatic rings. The van der Waals surface area contributed by atoms with E-state index in [0.717, 1.165) is 5.56 Å². The summed E-state index contributed by atoms with van der Waals surface area (Å²) in [4.78, 5) is 28.0. The Morgan fingerprint density at radius 2 is 1.83 bits per heavy atom. The van der Waals surface area contributed by atoms with Crippen molar-refractivity contribution in [1.29, 1.82) is 0 Å². The van der Waals surface area contributed by atoms with Crippen molar-refractivity contribution in [2.45, 2.75) is 12.8 Å². The van der Waals surface area contributed by atoms with Crippen LogP contribution < -0.4 is 11.2 Å². The van der Waals surface area contributed by atoms with Crippen molar-refractivity contribution in [3.8, 4) is 0 Å². The first-order valence-electron chi connectivity index (χ1n) is 5.70. The Hall–Kier alpha value is -2.36. The summed E-state index contributed by atoms with van der Waals surface area (Å²) in [6.45, 7) is 3.62. The Labute approximate surface area is 104 Å². The molecule has 1 heterocycles. The highest BCUT2D eigenvalue weighted by atomic mass is 16.2. The van der Waals surface area contributed by atoms with Crippen LogP contribution in [0.3, 0.4) is 0 Å². The standard InChI is InChI=1S/C14H14N2O2/c1-2-6-11-12(15-14(18)16-13(11)17)9-10-7-4-3-5-8-10/h2-5,7-8H,1,6,9H2,(H2,15,16,17,18). The second kappa shape index (κ2) is 5.31. The molecule has 18 heavy (non-hydrogen) atoms. The fourth-order valence-electron chi connectivity index (χ4n) is 1.87. The third kappa shape index (κ3) is 2.66. The molecule has 2 rings (SSSR count). The van der Waals surface area contributed by atoms with Crippen molar-refractivity contribution in [3.63, 3.8) is 0 Å². The molecular weight excluding hydrogens is 228 g/mol. The summed E-state index contributed by atoms with van der Waals surface area (Å²) < 4.78 is 0. The fraction of sp³-hybridized carbons (Fsp3) is 0.143. The van der Waals surface area contributed by atoms with E-state index >= 15 is 0 Å². The van der Waals surface area contributed by atoms with Crippen LogP contribution in [0.5, 0.6) is 0 Å². The maximum absolute atomic E-state index is 11.7. The van der Waals surface area contributed by atoms with E-state index in [1.165, 1.54) is 0 Å². The zero-order valence-corrected chi connectivity index (χ0v) is 9.90. The number of H-pyrrole nitrogens is 2. The summed E-state index contributed by atoms with van der Waals surface area (Å²) in [5.41, 5.74) is 1.44. The molecule has 1 aromatic heterocycles. The van der Waals surface area contributed by atoms with Crippen molar-refractivity contribution in [1.82, 2.24) is 9.97 Å². The number of nitrogens with one attached hydrogen (secondary N) is 2. The molecule has 0 atom stereocenters. The molecule has 2 aromatic rings. The van der Waals surface area contributed by atoms with Crippen LogP contribution in [0.15, 0.2) is 52.6 Å². The molecule has 2 N–H and O–H groups in total. The molecule has 0 bridgehead atoms. The molecule has 0 saturated heterocycles. The molecule has 0 fully saturated rings. The van der Waals surface area contributed by atoms with Gasteiger partial charge in [-0.1, -0.05) is 36.4 Å². The maximum atomic E-state index is 11.7. The van der Waals surface area contributed by atoms with E-state index in [4.69, 9.17) is 0 Å². The zero-order chi connectivity index (χ0) is 13.0. The van der Waals surface area contributed by atoms with Crippen LogP contribution >= 0.6 is 0 Å². The minimum Gasteiger partial charge on any atom is -0.311 e. The van der Waals surface area contributed by atoms with Crippen LogP contribution in [-0.2, 0) is 12.8 Å². The van der Waals surface area contributed by atoms with Crippen LogP contribution in [0.25, 0.3) is 0 Å². The second-order valence-corrected chi connectivity index (χ2v) is 4.02. The van der Waals surface area contributed by atoms with Crippen LogP contribution in [0.4, 0.5) is 0 Å². The van der Waals surface area contributed by atoms with Gasteiger partial charge in [0.15, 0.2) is 0 Å². The Balaban J connectivity index is 2.46. The van der Waals surface area contributed by atoms with Gasteiger partial charge < -0.3 is 4.98 Å². The van der Waals surface area contributed by atoms with Gasteiger partial charge in [0, 0.05) is 17.7 Å². The minimum atomic E-state index is -0.473. The molecule has 0 unspecified atom stereocenters. The Morgan fingerprint density at radius 3 is 2.50 bits per heavy atom. The SMILES string of the molecule is C=CCc1c(Cc2ccccc2)[nH]c(=O)[nH]c1=O. The molecule has 4 heteroatoms. The molecule has 1 aromatic carbocycles. The van der Waals surface area contributed by atoms with E-state index in [0.29, 0.717) is 24.1 Å². The van der Waals surface area contributed by atoms with Crippen molar-refractivity contribution < 1.29 is 0 Å². The van der Waals surface area contributed by atoms with Crippen molar-refractivity contribution in [2.75, 3.05) is 0 Å². The van der Waals surface area contributed by atoms with Crippen molar-refractivity contribution in [2.24, 2.45) is 0 Å². The number of hydrogen-bond donors (Lipinski definition) is 2. The molecule has 0 aliphatic carbocycles. The van der Waals surface area contributed by atoms with Crippen LogP contribution in [0, 0.1) is 0 Å². The maximum Gasteiger partial charge on any atom is 0.325 e. The lowest BCUT2D eigenvalue weighted by atomic mass is 10.0. The molecule has 92 valence electrons. The quantitative estimate of drug-likeness (QED) is 0.795. The predicted molar refractivity (Wildman–Crippen MR) is 70.8 cm³/mol. The third-order valence-corrected chi connectivity index (χ3v) is 2.70. The average Bonchev–Trinajstić information content (AvgIpc) is 2.35. The highest BCUT2D eigenvalue weighted by Gasteiger charge is 2.08. The van der Waals surface area contributed by atoms with E-state index < -0.39 is 5.69 Å². The number of hydrogen-bond acceptors (Lipinski definition) is 2. The molecule has 0 amide bonds. The highest BCUT2D eigenvalue weighted by molar-refractivity contribution is 5.27. The monoisotopic (exact) mass is 242 g/mol. The zero-order valence-electron chi connectivity index (χ0n) is 9.90. The van der Waals surface area contributed by atoms with Gasteiger partial charge in [0.25, 0.3) is 5.56 Å². The number of aromatic amines is 2. The summed E-state index contributed by atoms with van der Waals surface area (Å²) in [7, 11) is 0. The topological polar surface area (TPSA) is 65.7 Å². The second-order valence-electron chi connectivity index (χ2n) is 4.02. The van der Waals surface area contributed by atoms with Gasteiger partial charge in [0.2, 0.25) is 0 Å².